The Hall–Kier alpha value is -3.32. The van der Waals surface area contributed by atoms with Crippen LogP contribution in [-0.2, 0) is 9.59 Å². The summed E-state index contributed by atoms with van der Waals surface area (Å²) in [6, 6.07) is 2.41. The number of amides is 4. The molecule has 1 aliphatic carbocycles. The zero-order chi connectivity index (χ0) is 23.9. The third kappa shape index (κ3) is 8.07. The van der Waals surface area contributed by atoms with Gasteiger partial charge in [-0.15, -0.1) is 13.2 Å². The van der Waals surface area contributed by atoms with Crippen LogP contribution >= 0.6 is 0 Å². The molecule has 3 unspecified atom stereocenters. The van der Waals surface area contributed by atoms with Crippen molar-refractivity contribution in [1.82, 2.24) is 10.6 Å². The number of aliphatic hydroxyl groups is 2. The first kappa shape index (κ1) is 24.9. The number of primary amides is 1. The second-order valence-electron chi connectivity index (χ2n) is 6.98. The van der Waals surface area contributed by atoms with Gasteiger partial charge in [-0.05, 0) is 30.7 Å². The van der Waals surface area contributed by atoms with Crippen molar-refractivity contribution < 1.29 is 42.5 Å². The Kier molecular flexibility index (Phi) is 8.43. The zero-order valence-corrected chi connectivity index (χ0v) is 16.7. The van der Waals surface area contributed by atoms with Crippen LogP contribution < -0.4 is 26.4 Å². The van der Waals surface area contributed by atoms with Gasteiger partial charge >= 0.3 is 12.4 Å². The van der Waals surface area contributed by atoms with E-state index in [1.807, 2.05) is 0 Å². The molecule has 3 atom stereocenters. The molecule has 0 saturated carbocycles. The molecule has 32 heavy (non-hydrogen) atoms. The van der Waals surface area contributed by atoms with Crippen molar-refractivity contribution in [3.63, 3.8) is 0 Å². The van der Waals surface area contributed by atoms with E-state index in [4.69, 9.17) is 5.73 Å². The van der Waals surface area contributed by atoms with Crippen molar-refractivity contribution in [2.75, 3.05) is 11.9 Å². The Morgan fingerprint density at radius 1 is 1.16 bits per heavy atom. The van der Waals surface area contributed by atoms with E-state index < -0.39 is 48.2 Å². The number of aliphatic hydroxyl groups excluding tert-OH is 2. The Morgan fingerprint density at radius 3 is 2.41 bits per heavy atom. The summed E-state index contributed by atoms with van der Waals surface area (Å²) in [5.41, 5.74) is 5.28. The number of hydrogen-bond donors (Lipinski definition) is 6. The van der Waals surface area contributed by atoms with Crippen LogP contribution in [0.2, 0.25) is 0 Å². The molecular weight excluding hydrogens is 437 g/mol. The van der Waals surface area contributed by atoms with E-state index >= 15 is 0 Å². The van der Waals surface area contributed by atoms with E-state index in [9.17, 15) is 37.8 Å². The summed E-state index contributed by atoms with van der Waals surface area (Å²) in [5.74, 6) is -1.51. The highest BCUT2D eigenvalue weighted by Crippen LogP contribution is 2.24. The fourth-order valence-electron chi connectivity index (χ4n) is 2.90. The third-order valence-corrected chi connectivity index (χ3v) is 4.39. The average Bonchev–Trinajstić information content (AvgIpc) is 2.68. The number of halogens is 3. The maximum atomic E-state index is 12.2. The molecule has 7 N–H and O–H groups in total. The lowest BCUT2D eigenvalue weighted by Crippen LogP contribution is -2.52. The van der Waals surface area contributed by atoms with Crippen molar-refractivity contribution in [1.29, 1.82) is 0 Å². The van der Waals surface area contributed by atoms with Gasteiger partial charge in [0.1, 0.15) is 11.9 Å². The summed E-state index contributed by atoms with van der Waals surface area (Å²) in [5, 5.41) is 27.4. The molecule has 0 heterocycles. The van der Waals surface area contributed by atoms with E-state index in [-0.39, 0.29) is 30.6 Å². The molecule has 4 amide bonds. The molecule has 0 radical (unpaired) electrons. The second-order valence-corrected chi connectivity index (χ2v) is 6.98. The molecule has 1 aromatic rings. The number of anilines is 1. The molecule has 0 saturated heterocycles. The quantitative estimate of drug-likeness (QED) is 0.310. The van der Waals surface area contributed by atoms with Crippen molar-refractivity contribution in [3.05, 3.63) is 35.9 Å². The normalized spacial score (nSPS) is 20.7. The lowest BCUT2D eigenvalue weighted by Gasteiger charge is -2.31. The van der Waals surface area contributed by atoms with Crippen LogP contribution in [-0.4, -0.2) is 59.2 Å². The van der Waals surface area contributed by atoms with E-state index in [2.05, 4.69) is 20.7 Å². The van der Waals surface area contributed by atoms with Gasteiger partial charge in [-0.2, -0.15) is 0 Å². The molecule has 0 spiro atoms. The van der Waals surface area contributed by atoms with Crippen molar-refractivity contribution in [2.45, 2.75) is 43.9 Å². The Morgan fingerprint density at radius 2 is 1.81 bits per heavy atom. The lowest BCUT2D eigenvalue weighted by atomic mass is 9.90. The van der Waals surface area contributed by atoms with E-state index in [0.29, 0.717) is 6.42 Å². The fourth-order valence-corrected chi connectivity index (χ4v) is 2.90. The maximum Gasteiger partial charge on any atom is 0.573 e. The number of urea groups is 1. The fraction of sp³-hybridized carbons (Fsp3) is 0.421. The van der Waals surface area contributed by atoms with Gasteiger partial charge in [0.15, 0.2) is 0 Å². The molecular formula is C19H23F3N4O6. The first-order valence-corrected chi connectivity index (χ1v) is 9.51. The van der Waals surface area contributed by atoms with Gasteiger partial charge in [0.05, 0.1) is 12.1 Å². The molecule has 1 aliphatic rings. The molecule has 2 rings (SSSR count). The molecule has 0 bridgehead atoms. The summed E-state index contributed by atoms with van der Waals surface area (Å²) >= 11 is 0. The van der Waals surface area contributed by atoms with Crippen molar-refractivity contribution in [3.8, 4) is 5.75 Å². The van der Waals surface area contributed by atoms with Gasteiger partial charge in [0, 0.05) is 30.6 Å². The first-order valence-electron chi connectivity index (χ1n) is 9.51. The minimum Gasteiger partial charge on any atom is -0.406 e. The number of carbonyl (C=O) groups excluding carboxylic acids is 3. The number of nitrogens with two attached hydrogens (primary N) is 1. The van der Waals surface area contributed by atoms with Crippen molar-refractivity contribution in [2.24, 2.45) is 5.73 Å². The average molecular weight is 460 g/mol. The molecule has 0 aromatic heterocycles. The van der Waals surface area contributed by atoms with Crippen LogP contribution in [0.1, 0.15) is 19.3 Å². The minimum absolute atomic E-state index is 0.0916. The Labute approximate surface area is 180 Å². The largest absolute Gasteiger partial charge is 0.573 e. The predicted molar refractivity (Wildman–Crippen MR) is 105 cm³/mol. The summed E-state index contributed by atoms with van der Waals surface area (Å²) in [7, 11) is 0. The van der Waals surface area contributed by atoms with Crippen LogP contribution in [0.3, 0.4) is 0 Å². The highest BCUT2D eigenvalue weighted by molar-refractivity contribution is 5.94. The predicted octanol–water partition coefficient (Wildman–Crippen LogP) is 0.509. The standard InChI is InChI=1S/C19H23F3N4O6/c20-19(21,22)32-12-5-3-11(4-6-12)25-18(31)26-13-8-10(9-14(27)16(13)29)17(30)24-7-1-2-15(23)28/h3-6,8,13-14,16,27,29H,1-2,7,9H2,(H2,23,28)(H,24,30)(H2,25,26,31). The summed E-state index contributed by atoms with van der Waals surface area (Å²) < 4.78 is 40.3. The minimum atomic E-state index is -4.84. The second kappa shape index (κ2) is 10.8. The number of hydrogen-bond acceptors (Lipinski definition) is 6. The van der Waals surface area contributed by atoms with Gasteiger partial charge in [-0.25, -0.2) is 4.79 Å². The molecule has 176 valence electrons. The highest BCUT2D eigenvalue weighted by atomic mass is 19.4. The monoisotopic (exact) mass is 460 g/mol. The van der Waals surface area contributed by atoms with E-state index in [1.165, 1.54) is 18.2 Å². The van der Waals surface area contributed by atoms with Gasteiger partial charge < -0.3 is 36.6 Å². The van der Waals surface area contributed by atoms with Crippen molar-refractivity contribution >= 4 is 23.5 Å². The topological polar surface area (TPSA) is 163 Å². The SMILES string of the molecule is NC(=O)CCCNC(=O)C1=CC(NC(=O)Nc2ccc(OC(F)(F)F)cc2)C(O)C(O)C1. The lowest BCUT2D eigenvalue weighted by molar-refractivity contribution is -0.274. The highest BCUT2D eigenvalue weighted by Gasteiger charge is 2.34. The smallest absolute Gasteiger partial charge is 0.406 e. The number of benzene rings is 1. The number of carbonyl (C=O) groups is 3. The van der Waals surface area contributed by atoms with E-state index in [0.717, 1.165) is 12.1 Å². The summed E-state index contributed by atoms with van der Waals surface area (Å²) in [6.45, 7) is 0.171. The van der Waals surface area contributed by atoms with Crippen LogP contribution in [0, 0.1) is 0 Å². The zero-order valence-electron chi connectivity index (χ0n) is 16.7. The molecule has 13 heteroatoms. The number of ether oxygens (including phenoxy) is 1. The first-order chi connectivity index (χ1) is 14.9. The Balaban J connectivity index is 1.95. The summed E-state index contributed by atoms with van der Waals surface area (Å²) in [4.78, 5) is 35.2. The van der Waals surface area contributed by atoms with Gasteiger partial charge in [-0.3, -0.25) is 9.59 Å². The van der Waals surface area contributed by atoms with Gasteiger partial charge in [0.25, 0.3) is 0 Å². The Bertz CT molecular complexity index is 860. The molecule has 10 nitrogen and oxygen atoms in total. The van der Waals surface area contributed by atoms with Gasteiger partial charge in [-0.1, -0.05) is 6.08 Å². The molecule has 0 fully saturated rings. The van der Waals surface area contributed by atoms with Crippen LogP contribution in [0.4, 0.5) is 23.7 Å². The van der Waals surface area contributed by atoms with Gasteiger partial charge in [0.2, 0.25) is 11.8 Å². The third-order valence-electron chi connectivity index (χ3n) is 4.39. The van der Waals surface area contributed by atoms with Crippen LogP contribution in [0.15, 0.2) is 35.9 Å². The molecule has 0 aliphatic heterocycles. The molecule has 1 aromatic carbocycles. The number of nitrogens with one attached hydrogen (secondary N) is 3. The summed E-state index contributed by atoms with van der Waals surface area (Å²) in [6.07, 6.45) is -6.00. The van der Waals surface area contributed by atoms with Crippen LogP contribution in [0.5, 0.6) is 5.75 Å². The van der Waals surface area contributed by atoms with E-state index in [1.54, 1.807) is 0 Å². The van der Waals surface area contributed by atoms with Crippen LogP contribution in [0.25, 0.3) is 0 Å². The maximum absolute atomic E-state index is 12.2. The number of alkyl halides is 3. The number of rotatable bonds is 8.